The van der Waals surface area contributed by atoms with Crippen LogP contribution in [0.25, 0.3) is 11.3 Å². The molecule has 8 heteroatoms. The van der Waals surface area contributed by atoms with E-state index in [9.17, 15) is 9.18 Å². The minimum atomic E-state index is -0.554. The molecular weight excluding hydrogens is 361 g/mol. The minimum Gasteiger partial charge on any atom is -0.444 e. The molecule has 0 aliphatic heterocycles. The van der Waals surface area contributed by atoms with Gasteiger partial charge in [0.05, 0.1) is 5.69 Å². The largest absolute Gasteiger partial charge is 0.444 e. The summed E-state index contributed by atoms with van der Waals surface area (Å²) in [6, 6.07) is 6.52. The van der Waals surface area contributed by atoms with E-state index in [1.807, 2.05) is 13.8 Å². The number of carbonyl (C=O) groups excluding carboxylic acids is 1. The van der Waals surface area contributed by atoms with E-state index < -0.39 is 17.6 Å². The van der Waals surface area contributed by atoms with Crippen molar-refractivity contribution in [2.75, 3.05) is 18.4 Å². The van der Waals surface area contributed by atoms with E-state index in [1.54, 1.807) is 18.2 Å². The predicted molar refractivity (Wildman–Crippen MR) is 106 cm³/mol. The molecule has 152 valence electrons. The van der Waals surface area contributed by atoms with E-state index in [0.717, 1.165) is 19.3 Å². The maximum Gasteiger partial charge on any atom is 0.407 e. The molecule has 1 amide bonds. The standard InChI is InChI=1S/C20H28FN5O2/c1-4-5-10-20(2,3)28-19(27)24-12-6-11-23-18-8-7-16(25-26-18)15-9-13-22-17(21)14-15/h7-9,13-14H,4-6,10-12H2,1-3H3,(H,23,26)(H,24,27). The number of ether oxygens (including phenoxy) is 1. The Morgan fingerprint density at radius 3 is 2.68 bits per heavy atom. The van der Waals surface area contributed by atoms with Gasteiger partial charge in [0.1, 0.15) is 11.4 Å². The van der Waals surface area contributed by atoms with Crippen molar-refractivity contribution in [1.29, 1.82) is 0 Å². The summed E-state index contributed by atoms with van der Waals surface area (Å²) in [7, 11) is 0. The molecule has 2 aromatic rings. The SMILES string of the molecule is CCCCC(C)(C)OC(=O)NCCCNc1ccc(-c2ccnc(F)c2)nn1. The number of anilines is 1. The van der Waals surface area contributed by atoms with Crippen molar-refractivity contribution in [3.63, 3.8) is 0 Å². The molecule has 0 bridgehead atoms. The molecule has 0 spiro atoms. The molecule has 2 rings (SSSR count). The van der Waals surface area contributed by atoms with Gasteiger partial charge in [-0.3, -0.25) is 0 Å². The summed E-state index contributed by atoms with van der Waals surface area (Å²) in [6.45, 7) is 7.08. The summed E-state index contributed by atoms with van der Waals surface area (Å²) in [5, 5.41) is 14.1. The highest BCUT2D eigenvalue weighted by Crippen LogP contribution is 2.18. The molecule has 2 N–H and O–H groups in total. The van der Waals surface area contributed by atoms with E-state index >= 15 is 0 Å². The highest BCUT2D eigenvalue weighted by atomic mass is 19.1. The number of carbonyl (C=O) groups is 1. The van der Waals surface area contributed by atoms with Crippen molar-refractivity contribution in [3.05, 3.63) is 36.4 Å². The maximum atomic E-state index is 13.2. The van der Waals surface area contributed by atoms with Gasteiger partial charge in [0.25, 0.3) is 0 Å². The number of hydrogen-bond acceptors (Lipinski definition) is 6. The first-order valence-corrected chi connectivity index (χ1v) is 9.56. The molecule has 0 radical (unpaired) electrons. The zero-order chi connectivity index (χ0) is 20.4. The number of amides is 1. The maximum absolute atomic E-state index is 13.2. The molecule has 0 unspecified atom stereocenters. The van der Waals surface area contributed by atoms with Crippen molar-refractivity contribution in [1.82, 2.24) is 20.5 Å². The van der Waals surface area contributed by atoms with E-state index in [1.165, 1.54) is 12.3 Å². The lowest BCUT2D eigenvalue weighted by atomic mass is 10.0. The van der Waals surface area contributed by atoms with Gasteiger partial charge in [-0.2, -0.15) is 4.39 Å². The Hall–Kier alpha value is -2.77. The monoisotopic (exact) mass is 389 g/mol. The third-order valence-corrected chi connectivity index (χ3v) is 4.12. The topological polar surface area (TPSA) is 89.0 Å². The van der Waals surface area contributed by atoms with E-state index in [-0.39, 0.29) is 0 Å². The van der Waals surface area contributed by atoms with Crippen molar-refractivity contribution >= 4 is 11.9 Å². The molecule has 2 aromatic heterocycles. The van der Waals surface area contributed by atoms with Gasteiger partial charge in [0.15, 0.2) is 0 Å². The van der Waals surface area contributed by atoms with Crippen molar-refractivity contribution in [2.24, 2.45) is 0 Å². The zero-order valence-electron chi connectivity index (χ0n) is 16.7. The molecule has 0 aliphatic rings. The summed E-state index contributed by atoms with van der Waals surface area (Å²) >= 11 is 0. The van der Waals surface area contributed by atoms with Crippen molar-refractivity contribution < 1.29 is 13.9 Å². The number of nitrogens with one attached hydrogen (secondary N) is 2. The van der Waals surface area contributed by atoms with Gasteiger partial charge in [-0.15, -0.1) is 10.2 Å². The summed E-state index contributed by atoms with van der Waals surface area (Å²) in [5.41, 5.74) is 0.742. The highest BCUT2D eigenvalue weighted by molar-refractivity contribution is 5.67. The van der Waals surface area contributed by atoms with Crippen LogP contribution in [0.4, 0.5) is 15.0 Å². The van der Waals surface area contributed by atoms with Crippen LogP contribution in [-0.2, 0) is 4.74 Å². The second-order valence-electron chi connectivity index (χ2n) is 7.13. The van der Waals surface area contributed by atoms with Gasteiger partial charge in [0, 0.05) is 30.9 Å². The van der Waals surface area contributed by atoms with Crippen LogP contribution in [0.15, 0.2) is 30.5 Å². The number of unbranched alkanes of at least 4 members (excludes halogenated alkanes) is 1. The van der Waals surface area contributed by atoms with E-state index in [0.29, 0.717) is 36.6 Å². The number of halogens is 1. The van der Waals surface area contributed by atoms with Gasteiger partial charge in [0.2, 0.25) is 5.95 Å². The zero-order valence-corrected chi connectivity index (χ0v) is 16.7. The summed E-state index contributed by atoms with van der Waals surface area (Å²) < 4.78 is 18.6. The smallest absolute Gasteiger partial charge is 0.407 e. The van der Waals surface area contributed by atoms with Crippen molar-refractivity contribution in [3.8, 4) is 11.3 Å². The average Bonchev–Trinajstić information content (AvgIpc) is 2.66. The third-order valence-electron chi connectivity index (χ3n) is 4.12. The number of rotatable bonds is 10. The van der Waals surface area contributed by atoms with Crippen LogP contribution >= 0.6 is 0 Å². The number of nitrogens with zero attached hydrogens (tertiary/aromatic N) is 3. The lowest BCUT2D eigenvalue weighted by Crippen LogP contribution is -2.35. The first-order valence-electron chi connectivity index (χ1n) is 9.56. The Morgan fingerprint density at radius 2 is 2.00 bits per heavy atom. The van der Waals surface area contributed by atoms with Gasteiger partial charge in [-0.25, -0.2) is 9.78 Å². The summed E-state index contributed by atoms with van der Waals surface area (Å²) in [4.78, 5) is 15.4. The van der Waals surface area contributed by atoms with Crippen LogP contribution in [0.1, 0.15) is 46.5 Å². The molecule has 0 atom stereocenters. The number of alkyl carbamates (subject to hydrolysis) is 1. The predicted octanol–water partition coefficient (Wildman–Crippen LogP) is 4.17. The number of hydrogen-bond donors (Lipinski definition) is 2. The summed E-state index contributed by atoms with van der Waals surface area (Å²) in [5.74, 6) is 0.0582. The normalized spacial score (nSPS) is 11.1. The molecule has 0 saturated carbocycles. The van der Waals surface area contributed by atoms with Crippen LogP contribution in [0.5, 0.6) is 0 Å². The molecule has 0 aliphatic carbocycles. The van der Waals surface area contributed by atoms with Gasteiger partial charge >= 0.3 is 6.09 Å². The van der Waals surface area contributed by atoms with Gasteiger partial charge in [-0.1, -0.05) is 13.3 Å². The molecule has 0 saturated heterocycles. The minimum absolute atomic E-state index is 0.394. The van der Waals surface area contributed by atoms with Crippen molar-refractivity contribution in [2.45, 2.75) is 52.1 Å². The Kier molecular flexibility index (Phi) is 8.10. The molecule has 0 aromatic carbocycles. The fraction of sp³-hybridized carbons (Fsp3) is 0.500. The third kappa shape index (κ3) is 7.46. The molecule has 28 heavy (non-hydrogen) atoms. The van der Waals surface area contributed by atoms with Crippen LogP contribution in [0, 0.1) is 5.95 Å². The number of pyridine rings is 1. The fourth-order valence-electron chi connectivity index (χ4n) is 2.58. The number of aromatic nitrogens is 3. The quantitative estimate of drug-likeness (QED) is 0.468. The molecular formula is C20H28FN5O2. The Morgan fingerprint density at radius 1 is 1.18 bits per heavy atom. The van der Waals surface area contributed by atoms with Gasteiger partial charge < -0.3 is 15.4 Å². The van der Waals surface area contributed by atoms with Crippen LogP contribution in [-0.4, -0.2) is 40.0 Å². The second kappa shape index (κ2) is 10.5. The molecule has 2 heterocycles. The Labute approximate surface area is 165 Å². The first kappa shape index (κ1) is 21.5. The summed E-state index contributed by atoms with van der Waals surface area (Å²) in [6.07, 6.45) is 4.66. The first-order chi connectivity index (χ1) is 13.4. The van der Waals surface area contributed by atoms with E-state index in [2.05, 4.69) is 32.7 Å². The van der Waals surface area contributed by atoms with Crippen LogP contribution in [0.3, 0.4) is 0 Å². The Balaban J connectivity index is 1.67. The molecule has 7 nitrogen and oxygen atoms in total. The van der Waals surface area contributed by atoms with E-state index in [4.69, 9.17) is 4.74 Å². The van der Waals surface area contributed by atoms with Crippen LogP contribution < -0.4 is 10.6 Å². The fourth-order valence-corrected chi connectivity index (χ4v) is 2.58. The lowest BCUT2D eigenvalue weighted by Gasteiger charge is -2.25. The second-order valence-corrected chi connectivity index (χ2v) is 7.13. The van der Waals surface area contributed by atoms with Crippen LogP contribution in [0.2, 0.25) is 0 Å². The Bertz CT molecular complexity index is 753. The highest BCUT2D eigenvalue weighted by Gasteiger charge is 2.21. The lowest BCUT2D eigenvalue weighted by molar-refractivity contribution is 0.0313. The van der Waals surface area contributed by atoms with Gasteiger partial charge in [-0.05, 0) is 51.3 Å². The molecule has 0 fully saturated rings. The average molecular weight is 389 g/mol.